The first-order valence-electron chi connectivity index (χ1n) is 10.8. The molecule has 0 fully saturated rings. The van der Waals surface area contributed by atoms with Gasteiger partial charge in [0.2, 0.25) is 0 Å². The van der Waals surface area contributed by atoms with Crippen LogP contribution in [0.5, 0.6) is 5.75 Å². The van der Waals surface area contributed by atoms with Gasteiger partial charge in [-0.3, -0.25) is 4.98 Å². The first-order chi connectivity index (χ1) is 16.1. The van der Waals surface area contributed by atoms with E-state index in [4.69, 9.17) is 15.2 Å². The molecule has 4 N–H and O–H groups in total. The van der Waals surface area contributed by atoms with Gasteiger partial charge in [-0.15, -0.1) is 0 Å². The molecule has 3 rings (SSSR count). The number of nitrogen functional groups attached to an aromatic ring is 1. The highest BCUT2D eigenvalue weighted by Crippen LogP contribution is 2.16. The van der Waals surface area contributed by atoms with Gasteiger partial charge in [0.1, 0.15) is 24.0 Å². The summed E-state index contributed by atoms with van der Waals surface area (Å²) in [6.07, 6.45) is 2.70. The number of anilines is 1. The maximum Gasteiger partial charge on any atom is 0.408 e. The summed E-state index contributed by atoms with van der Waals surface area (Å²) in [4.78, 5) is 27.0. The number of pyridine rings is 1. The van der Waals surface area contributed by atoms with Crippen LogP contribution in [0.1, 0.15) is 31.9 Å². The summed E-state index contributed by atoms with van der Waals surface area (Å²) in [5.41, 5.74) is 7.15. The third-order valence-corrected chi connectivity index (χ3v) is 4.28. The second-order valence-electron chi connectivity index (χ2n) is 8.45. The van der Waals surface area contributed by atoms with Crippen LogP contribution in [0.2, 0.25) is 0 Å². The SMILES string of the molecule is CC(C)(C)OC(=O)N[C@@H](Cc1ccc(OCc2ccccc2)cc1)C(=O)O.Nc1cccnc1. The molecule has 2 aromatic carbocycles. The number of rotatable bonds is 7. The Balaban J connectivity index is 0.000000497. The molecule has 8 nitrogen and oxygen atoms in total. The molecular formula is C26H31N3O5. The number of hydrogen-bond donors (Lipinski definition) is 3. The van der Waals surface area contributed by atoms with E-state index < -0.39 is 23.7 Å². The number of carbonyl (C=O) groups excluding carboxylic acids is 1. The van der Waals surface area contributed by atoms with Crippen molar-refractivity contribution in [1.29, 1.82) is 0 Å². The molecule has 0 radical (unpaired) electrons. The fourth-order valence-corrected chi connectivity index (χ4v) is 2.72. The van der Waals surface area contributed by atoms with E-state index in [1.807, 2.05) is 30.3 Å². The first kappa shape index (κ1) is 26.2. The molecule has 0 bridgehead atoms. The summed E-state index contributed by atoms with van der Waals surface area (Å²) >= 11 is 0. The minimum atomic E-state index is -1.12. The number of ether oxygens (including phenoxy) is 2. The van der Waals surface area contributed by atoms with E-state index in [1.54, 1.807) is 69.6 Å². The maximum atomic E-state index is 11.8. The Kier molecular flexibility index (Phi) is 9.89. The molecule has 8 heteroatoms. The van der Waals surface area contributed by atoms with Crippen molar-refractivity contribution in [2.45, 2.75) is 45.4 Å². The molecule has 1 amide bonds. The number of hydrogen-bond acceptors (Lipinski definition) is 6. The third-order valence-electron chi connectivity index (χ3n) is 4.28. The summed E-state index contributed by atoms with van der Waals surface area (Å²) in [5, 5.41) is 11.7. The quantitative estimate of drug-likeness (QED) is 0.471. The molecule has 1 heterocycles. The minimum Gasteiger partial charge on any atom is -0.489 e. The normalized spacial score (nSPS) is 11.4. The van der Waals surface area contributed by atoms with Crippen molar-refractivity contribution in [3.05, 3.63) is 90.3 Å². The highest BCUT2D eigenvalue weighted by Gasteiger charge is 2.24. The molecule has 0 saturated carbocycles. The number of benzene rings is 2. The fraction of sp³-hybridized carbons (Fsp3) is 0.269. The highest BCUT2D eigenvalue weighted by molar-refractivity contribution is 5.80. The Morgan fingerprint density at radius 1 is 1.00 bits per heavy atom. The highest BCUT2D eigenvalue weighted by atomic mass is 16.6. The number of carbonyl (C=O) groups is 2. The number of amides is 1. The van der Waals surface area contributed by atoms with Gasteiger partial charge in [0.25, 0.3) is 0 Å². The molecule has 1 aromatic heterocycles. The van der Waals surface area contributed by atoms with Crippen molar-refractivity contribution in [3.63, 3.8) is 0 Å². The first-order valence-corrected chi connectivity index (χ1v) is 10.8. The van der Waals surface area contributed by atoms with Gasteiger partial charge < -0.3 is 25.6 Å². The second-order valence-corrected chi connectivity index (χ2v) is 8.45. The summed E-state index contributed by atoms with van der Waals surface area (Å²) in [5.74, 6) is -0.431. The lowest BCUT2D eigenvalue weighted by atomic mass is 10.1. The topological polar surface area (TPSA) is 124 Å². The van der Waals surface area contributed by atoms with Crippen LogP contribution in [0.3, 0.4) is 0 Å². The van der Waals surface area contributed by atoms with Gasteiger partial charge in [-0.05, 0) is 56.2 Å². The largest absolute Gasteiger partial charge is 0.489 e. The molecule has 1 atom stereocenters. The van der Waals surface area contributed by atoms with Crippen LogP contribution in [0, 0.1) is 0 Å². The Morgan fingerprint density at radius 3 is 2.18 bits per heavy atom. The average Bonchev–Trinajstić information content (AvgIpc) is 2.78. The lowest BCUT2D eigenvalue weighted by molar-refractivity contribution is -0.139. The number of carboxylic acid groups (broad SMARTS) is 1. The molecule has 180 valence electrons. The smallest absolute Gasteiger partial charge is 0.408 e. The Hall–Kier alpha value is -4.07. The van der Waals surface area contributed by atoms with Crippen LogP contribution in [-0.4, -0.2) is 33.8 Å². The van der Waals surface area contributed by atoms with Crippen LogP contribution in [0.4, 0.5) is 10.5 Å². The minimum absolute atomic E-state index is 0.146. The van der Waals surface area contributed by atoms with Crippen LogP contribution in [0.15, 0.2) is 79.1 Å². The number of aliphatic carboxylic acids is 1. The molecule has 0 aliphatic rings. The molecule has 0 aliphatic carbocycles. The summed E-state index contributed by atoms with van der Waals surface area (Å²) < 4.78 is 10.8. The fourth-order valence-electron chi connectivity index (χ4n) is 2.72. The van der Waals surface area contributed by atoms with Gasteiger partial charge in [0.15, 0.2) is 0 Å². The predicted octanol–water partition coefficient (Wildman–Crippen LogP) is 4.45. The molecule has 3 aromatic rings. The number of carboxylic acids is 1. The van der Waals surface area contributed by atoms with Crippen molar-refractivity contribution in [3.8, 4) is 5.75 Å². The molecule has 0 aliphatic heterocycles. The van der Waals surface area contributed by atoms with Gasteiger partial charge in [-0.2, -0.15) is 0 Å². The molecular weight excluding hydrogens is 434 g/mol. The summed E-state index contributed by atoms with van der Waals surface area (Å²) in [6.45, 7) is 5.61. The molecule has 34 heavy (non-hydrogen) atoms. The standard InChI is InChI=1S/C21H25NO5.C5H6N2/c1-21(2,3)27-20(25)22-18(19(23)24)13-15-9-11-17(12-10-15)26-14-16-7-5-4-6-8-16;6-5-2-1-3-7-4-5/h4-12,18H,13-14H2,1-3H3,(H,22,25)(H,23,24);1-4H,6H2/t18-;/m0./s1. The van der Waals surface area contributed by atoms with Gasteiger partial charge in [0.05, 0.1) is 5.69 Å². The van der Waals surface area contributed by atoms with E-state index in [-0.39, 0.29) is 6.42 Å². The van der Waals surface area contributed by atoms with Crippen LogP contribution < -0.4 is 15.8 Å². The Morgan fingerprint density at radius 2 is 1.68 bits per heavy atom. The van der Waals surface area contributed by atoms with E-state index in [2.05, 4.69) is 10.3 Å². The molecule has 0 spiro atoms. The van der Waals surface area contributed by atoms with E-state index in [0.717, 1.165) is 11.1 Å². The maximum absolute atomic E-state index is 11.8. The van der Waals surface area contributed by atoms with Gasteiger partial charge in [-0.25, -0.2) is 9.59 Å². The average molecular weight is 466 g/mol. The van der Waals surface area contributed by atoms with Crippen molar-refractivity contribution in [1.82, 2.24) is 10.3 Å². The number of nitrogens with zero attached hydrogens (tertiary/aromatic N) is 1. The predicted molar refractivity (Wildman–Crippen MR) is 130 cm³/mol. The summed E-state index contributed by atoms with van der Waals surface area (Å²) in [6, 6.07) is 19.5. The monoisotopic (exact) mass is 465 g/mol. The van der Waals surface area contributed by atoms with Gasteiger partial charge >= 0.3 is 12.1 Å². The molecule has 0 unspecified atom stereocenters. The third kappa shape index (κ3) is 10.5. The lowest BCUT2D eigenvalue weighted by Gasteiger charge is -2.22. The zero-order valence-electron chi connectivity index (χ0n) is 19.6. The summed E-state index contributed by atoms with van der Waals surface area (Å²) in [7, 11) is 0. The number of aromatic nitrogens is 1. The number of nitrogens with one attached hydrogen (secondary N) is 1. The van der Waals surface area contributed by atoms with Crippen LogP contribution in [0.25, 0.3) is 0 Å². The zero-order valence-corrected chi connectivity index (χ0v) is 19.6. The van der Waals surface area contributed by atoms with Crippen molar-refractivity contribution in [2.24, 2.45) is 0 Å². The van der Waals surface area contributed by atoms with Crippen LogP contribution >= 0.6 is 0 Å². The number of nitrogens with two attached hydrogens (primary N) is 1. The van der Waals surface area contributed by atoms with E-state index in [9.17, 15) is 14.7 Å². The van der Waals surface area contributed by atoms with Crippen LogP contribution in [-0.2, 0) is 22.6 Å². The van der Waals surface area contributed by atoms with Crippen molar-refractivity contribution >= 4 is 17.7 Å². The second kappa shape index (κ2) is 12.8. The molecule has 0 saturated heterocycles. The van der Waals surface area contributed by atoms with Gasteiger partial charge in [0, 0.05) is 18.8 Å². The van der Waals surface area contributed by atoms with E-state index in [1.165, 1.54) is 0 Å². The van der Waals surface area contributed by atoms with Gasteiger partial charge in [-0.1, -0.05) is 42.5 Å². The lowest BCUT2D eigenvalue weighted by Crippen LogP contribution is -2.44. The zero-order chi connectivity index (χ0) is 25.0. The van der Waals surface area contributed by atoms with Crippen molar-refractivity contribution in [2.75, 3.05) is 5.73 Å². The van der Waals surface area contributed by atoms with E-state index >= 15 is 0 Å². The number of alkyl carbamates (subject to hydrolysis) is 1. The Bertz CT molecular complexity index is 1020. The Labute approximate surface area is 199 Å². The van der Waals surface area contributed by atoms with E-state index in [0.29, 0.717) is 18.0 Å². The van der Waals surface area contributed by atoms with Crippen molar-refractivity contribution < 1.29 is 24.2 Å².